The van der Waals surface area contributed by atoms with Gasteiger partial charge in [-0.15, -0.1) is 10.2 Å². The summed E-state index contributed by atoms with van der Waals surface area (Å²) in [6.07, 6.45) is -8.54. The number of halogens is 5. The molecule has 0 fully saturated rings. The number of nitrogens with one attached hydrogen (secondary N) is 1. The van der Waals surface area contributed by atoms with Crippen LogP contribution in [0.1, 0.15) is 11.6 Å². The number of aromatic nitrogens is 6. The van der Waals surface area contributed by atoms with Crippen LogP contribution in [0, 0.1) is 0 Å². The van der Waals surface area contributed by atoms with E-state index in [-0.39, 0.29) is 49.3 Å². The summed E-state index contributed by atoms with van der Waals surface area (Å²) in [6.45, 7) is -1.33. The fraction of sp³-hybridized carbons (Fsp3) is 0.320. The van der Waals surface area contributed by atoms with Crippen molar-refractivity contribution in [2.45, 2.75) is 32.0 Å². The van der Waals surface area contributed by atoms with Gasteiger partial charge in [-0.1, -0.05) is 35.3 Å². The summed E-state index contributed by atoms with van der Waals surface area (Å²) in [6, 6.07) is 12.6. The molecule has 42 heavy (non-hydrogen) atoms. The van der Waals surface area contributed by atoms with Crippen LogP contribution in [0.2, 0.25) is 10.0 Å². The van der Waals surface area contributed by atoms with Gasteiger partial charge in [0, 0.05) is 24.2 Å². The van der Waals surface area contributed by atoms with Crippen molar-refractivity contribution < 1.29 is 32.5 Å². The number of hydrogen-bond donors (Lipinski definition) is 2. The molecule has 4 rings (SSSR count). The number of aliphatic hydroxyl groups excluding tert-OH is 1. The Hall–Kier alpha value is -3.92. The first kappa shape index (κ1) is 31.0. The molecule has 0 aliphatic heterocycles. The summed E-state index contributed by atoms with van der Waals surface area (Å²) in [7, 11) is 1.48. The topological polar surface area (TPSA) is 138 Å². The van der Waals surface area contributed by atoms with E-state index in [9.17, 15) is 27.9 Å². The number of nitrogens with zero attached hydrogens (tertiary/aromatic N) is 6. The molecule has 224 valence electrons. The number of alkyl carbamates (subject to hydrolysis) is 1. The summed E-state index contributed by atoms with van der Waals surface area (Å²) in [4.78, 5) is 29.7. The predicted molar refractivity (Wildman–Crippen MR) is 145 cm³/mol. The highest BCUT2D eigenvalue weighted by atomic mass is 35.5. The normalized spacial score (nSPS) is 12.4. The highest BCUT2D eigenvalue weighted by molar-refractivity contribution is 6.32. The zero-order chi connectivity index (χ0) is 30.4. The van der Waals surface area contributed by atoms with E-state index in [0.29, 0.717) is 20.3 Å². The molecular formula is C25H24Cl2F3N7O5. The van der Waals surface area contributed by atoms with Crippen molar-refractivity contribution in [3.8, 4) is 17.1 Å². The molecule has 0 aliphatic carbocycles. The largest absolute Gasteiger partial charge is 0.441 e. The Morgan fingerprint density at radius 3 is 2.50 bits per heavy atom. The summed E-state index contributed by atoms with van der Waals surface area (Å²) in [5, 5.41) is 21.5. The van der Waals surface area contributed by atoms with Crippen molar-refractivity contribution >= 4 is 29.3 Å². The number of amides is 1. The third kappa shape index (κ3) is 7.47. The molecule has 4 aromatic rings. The third-order valence-corrected chi connectivity index (χ3v) is 6.33. The van der Waals surface area contributed by atoms with Crippen molar-refractivity contribution in [3.05, 3.63) is 80.7 Å². The SMILES string of the molecule is COCCNC(=O)OCc1nc(Cn2nc(-c3ccc(Cl)cc3)n(C[C@H](O)C(F)(F)F)c2=O)nn1-c1ccccc1Cl. The highest BCUT2D eigenvalue weighted by Crippen LogP contribution is 2.25. The first-order valence-electron chi connectivity index (χ1n) is 12.3. The van der Waals surface area contributed by atoms with E-state index >= 15 is 0 Å². The van der Waals surface area contributed by atoms with Crippen LogP contribution in [0.4, 0.5) is 18.0 Å². The predicted octanol–water partition coefficient (Wildman–Crippen LogP) is 3.44. The molecule has 12 nitrogen and oxygen atoms in total. The molecule has 0 spiro atoms. The Morgan fingerprint density at radius 1 is 1.12 bits per heavy atom. The van der Waals surface area contributed by atoms with Gasteiger partial charge in [0.2, 0.25) is 0 Å². The lowest BCUT2D eigenvalue weighted by atomic mass is 10.2. The highest BCUT2D eigenvalue weighted by Gasteiger charge is 2.39. The molecule has 1 atom stereocenters. The van der Waals surface area contributed by atoms with Gasteiger partial charge in [-0.2, -0.15) is 13.2 Å². The number of rotatable bonds is 11. The van der Waals surface area contributed by atoms with Gasteiger partial charge in [0.05, 0.1) is 23.9 Å². The van der Waals surface area contributed by atoms with Gasteiger partial charge in [0.15, 0.2) is 30.2 Å². The van der Waals surface area contributed by atoms with Crippen LogP contribution in [0.15, 0.2) is 53.3 Å². The molecule has 0 saturated carbocycles. The van der Waals surface area contributed by atoms with Gasteiger partial charge in [-0.05, 0) is 36.4 Å². The maximum Gasteiger partial charge on any atom is 0.416 e. The molecule has 2 aromatic heterocycles. The molecule has 1 amide bonds. The standard InChI is InChI=1S/C25H24Cl2F3N7O5/c1-41-11-10-31-23(39)42-14-21-32-20(33-37(21)18-5-3-2-4-17(18)27)13-36-24(40)35(12-19(38)25(28,29)30)22(34-36)15-6-8-16(26)9-7-15/h2-9,19,38H,10-14H2,1H3,(H,31,39)/t19-/m0/s1. The van der Waals surface area contributed by atoms with Gasteiger partial charge >= 0.3 is 18.0 Å². The van der Waals surface area contributed by atoms with Crippen molar-refractivity contribution in [2.24, 2.45) is 0 Å². The second-order valence-corrected chi connectivity index (χ2v) is 9.59. The van der Waals surface area contributed by atoms with Crippen molar-refractivity contribution in [1.29, 1.82) is 0 Å². The van der Waals surface area contributed by atoms with Crippen molar-refractivity contribution in [2.75, 3.05) is 20.3 Å². The minimum absolute atomic E-state index is 0.0130. The molecular weight excluding hydrogens is 606 g/mol. The number of hydrogen-bond acceptors (Lipinski definition) is 8. The lowest BCUT2D eigenvalue weighted by Gasteiger charge is -2.15. The maximum absolute atomic E-state index is 13.2. The first-order valence-corrected chi connectivity index (χ1v) is 13.0. The molecule has 0 bridgehead atoms. The molecule has 0 saturated heterocycles. The number of alkyl halides is 3. The number of carbonyl (C=O) groups excluding carboxylic acids is 1. The molecule has 0 unspecified atom stereocenters. The van der Waals surface area contributed by atoms with Crippen LogP contribution < -0.4 is 11.0 Å². The molecule has 2 aromatic carbocycles. The van der Waals surface area contributed by atoms with Gasteiger partial charge in [-0.3, -0.25) is 4.57 Å². The first-order chi connectivity index (χ1) is 20.0. The quantitative estimate of drug-likeness (QED) is 0.241. The Balaban J connectivity index is 1.69. The molecule has 17 heteroatoms. The Bertz CT molecular complexity index is 1590. The number of carbonyl (C=O) groups is 1. The van der Waals surface area contributed by atoms with Crippen LogP contribution in [0.25, 0.3) is 17.1 Å². The maximum atomic E-state index is 13.2. The zero-order valence-corrected chi connectivity index (χ0v) is 23.4. The van der Waals surface area contributed by atoms with E-state index in [2.05, 4.69) is 20.5 Å². The second kappa shape index (κ2) is 13.4. The summed E-state index contributed by atoms with van der Waals surface area (Å²) in [5.74, 6) is 0.0127. The average molecular weight is 630 g/mol. The lowest BCUT2D eigenvalue weighted by molar-refractivity contribution is -0.207. The van der Waals surface area contributed by atoms with Gasteiger partial charge in [0.25, 0.3) is 0 Å². The van der Waals surface area contributed by atoms with Crippen LogP contribution in [-0.4, -0.2) is 72.9 Å². The van der Waals surface area contributed by atoms with E-state index in [4.69, 9.17) is 32.7 Å². The Morgan fingerprint density at radius 2 is 1.83 bits per heavy atom. The molecule has 0 aliphatic rings. The van der Waals surface area contributed by atoms with Crippen LogP contribution in [0.5, 0.6) is 0 Å². The molecule has 2 heterocycles. The fourth-order valence-corrected chi connectivity index (χ4v) is 4.08. The number of ether oxygens (including phenoxy) is 2. The summed E-state index contributed by atoms with van der Waals surface area (Å²) >= 11 is 12.3. The summed E-state index contributed by atoms with van der Waals surface area (Å²) < 4.78 is 52.5. The zero-order valence-electron chi connectivity index (χ0n) is 21.9. The van der Waals surface area contributed by atoms with Crippen LogP contribution >= 0.6 is 23.2 Å². The van der Waals surface area contributed by atoms with Gasteiger partial charge in [0.1, 0.15) is 6.54 Å². The lowest BCUT2D eigenvalue weighted by Crippen LogP contribution is -2.37. The number of benzene rings is 2. The van der Waals surface area contributed by atoms with E-state index in [1.165, 1.54) is 36.1 Å². The second-order valence-electron chi connectivity index (χ2n) is 8.74. The fourth-order valence-electron chi connectivity index (χ4n) is 3.74. The van der Waals surface area contributed by atoms with Crippen molar-refractivity contribution in [3.63, 3.8) is 0 Å². The minimum atomic E-state index is -4.97. The average Bonchev–Trinajstić information content (AvgIpc) is 3.48. The smallest absolute Gasteiger partial charge is 0.416 e. The van der Waals surface area contributed by atoms with Gasteiger partial charge < -0.3 is 19.9 Å². The van der Waals surface area contributed by atoms with Crippen LogP contribution in [-0.2, 0) is 29.2 Å². The van der Waals surface area contributed by atoms with E-state index in [1.807, 2.05) is 0 Å². The monoisotopic (exact) mass is 629 g/mol. The number of para-hydroxylation sites is 1. The minimum Gasteiger partial charge on any atom is -0.441 e. The number of aliphatic hydroxyl groups is 1. The van der Waals surface area contributed by atoms with Crippen molar-refractivity contribution in [1.82, 2.24) is 34.4 Å². The van der Waals surface area contributed by atoms with Gasteiger partial charge in [-0.25, -0.2) is 23.9 Å². The van der Waals surface area contributed by atoms with E-state index < -0.39 is 30.6 Å². The Kier molecular flexibility index (Phi) is 9.88. The Labute approximate surface area is 246 Å². The van der Waals surface area contributed by atoms with E-state index in [1.54, 1.807) is 24.3 Å². The molecule has 2 N–H and O–H groups in total. The molecule has 0 radical (unpaired) electrons. The van der Waals surface area contributed by atoms with E-state index in [0.717, 1.165) is 4.68 Å². The van der Waals surface area contributed by atoms with Crippen LogP contribution in [0.3, 0.4) is 0 Å². The number of methoxy groups -OCH3 is 1. The third-order valence-electron chi connectivity index (χ3n) is 5.76. The summed E-state index contributed by atoms with van der Waals surface area (Å²) in [5.41, 5.74) is -0.273.